The fourth-order valence-electron chi connectivity index (χ4n) is 2.98. The first-order chi connectivity index (χ1) is 9.77. The van der Waals surface area contributed by atoms with Crippen molar-refractivity contribution < 1.29 is 8.42 Å². The SMILES string of the molecule is CC(C)C1CCCC(Nc2cc(S(N)(=O)=O)ccc2Cl)C1. The van der Waals surface area contributed by atoms with Crippen LogP contribution in [0.5, 0.6) is 0 Å². The summed E-state index contributed by atoms with van der Waals surface area (Å²) in [7, 11) is -3.71. The molecule has 2 unspecified atom stereocenters. The van der Waals surface area contributed by atoms with Crippen molar-refractivity contribution >= 4 is 27.3 Å². The van der Waals surface area contributed by atoms with Gasteiger partial charge in [0.15, 0.2) is 0 Å². The molecule has 1 aliphatic rings. The van der Waals surface area contributed by atoms with Gasteiger partial charge in [0.1, 0.15) is 0 Å². The van der Waals surface area contributed by atoms with E-state index < -0.39 is 10.0 Å². The molecule has 0 aromatic heterocycles. The molecule has 6 heteroatoms. The average molecular weight is 331 g/mol. The topological polar surface area (TPSA) is 72.2 Å². The third kappa shape index (κ3) is 4.34. The molecule has 0 amide bonds. The zero-order valence-corrected chi connectivity index (χ0v) is 14.0. The van der Waals surface area contributed by atoms with Crippen LogP contribution in [0.1, 0.15) is 39.5 Å². The lowest BCUT2D eigenvalue weighted by Gasteiger charge is -2.33. The highest BCUT2D eigenvalue weighted by Gasteiger charge is 2.24. The Bertz CT molecular complexity index is 602. The second kappa shape index (κ2) is 6.55. The standard InChI is InChI=1S/C15H23ClN2O2S/c1-10(2)11-4-3-5-12(8-11)18-15-9-13(21(17,19)20)6-7-14(15)16/h6-7,9-12,18H,3-5,8H2,1-2H3,(H2,17,19,20). The van der Waals surface area contributed by atoms with Crippen LogP contribution in [0, 0.1) is 11.8 Å². The number of hydrogen-bond acceptors (Lipinski definition) is 3. The highest BCUT2D eigenvalue weighted by atomic mass is 35.5. The maximum atomic E-state index is 11.4. The minimum atomic E-state index is -3.71. The molecular weight excluding hydrogens is 308 g/mol. The van der Waals surface area contributed by atoms with Crippen LogP contribution in [0.15, 0.2) is 23.1 Å². The summed E-state index contributed by atoms with van der Waals surface area (Å²) in [5.41, 5.74) is 0.651. The van der Waals surface area contributed by atoms with Gasteiger partial charge in [-0.1, -0.05) is 38.3 Å². The first kappa shape index (κ1) is 16.6. The first-order valence-corrected chi connectivity index (χ1v) is 9.28. The van der Waals surface area contributed by atoms with Crippen LogP contribution in [0.2, 0.25) is 5.02 Å². The zero-order chi connectivity index (χ0) is 15.6. The van der Waals surface area contributed by atoms with Gasteiger partial charge < -0.3 is 5.32 Å². The molecule has 2 atom stereocenters. The molecule has 1 saturated carbocycles. The van der Waals surface area contributed by atoms with Gasteiger partial charge in [0.25, 0.3) is 0 Å². The summed E-state index contributed by atoms with van der Waals surface area (Å²) < 4.78 is 22.9. The Morgan fingerprint density at radius 2 is 2.05 bits per heavy atom. The van der Waals surface area contributed by atoms with Crippen molar-refractivity contribution in [2.75, 3.05) is 5.32 Å². The number of halogens is 1. The number of nitrogens with one attached hydrogen (secondary N) is 1. The molecule has 2 rings (SSSR count). The molecule has 0 radical (unpaired) electrons. The number of hydrogen-bond donors (Lipinski definition) is 2. The number of rotatable bonds is 4. The molecule has 1 aliphatic carbocycles. The third-order valence-corrected chi connectivity index (χ3v) is 5.52. The van der Waals surface area contributed by atoms with E-state index in [4.69, 9.17) is 16.7 Å². The van der Waals surface area contributed by atoms with E-state index >= 15 is 0 Å². The maximum Gasteiger partial charge on any atom is 0.238 e. The fraction of sp³-hybridized carbons (Fsp3) is 0.600. The Kier molecular flexibility index (Phi) is 5.17. The van der Waals surface area contributed by atoms with E-state index in [0.29, 0.717) is 28.6 Å². The Balaban J connectivity index is 2.15. The molecular formula is C15H23ClN2O2S. The maximum absolute atomic E-state index is 11.4. The fourth-order valence-corrected chi connectivity index (χ4v) is 3.69. The van der Waals surface area contributed by atoms with Crippen molar-refractivity contribution in [3.63, 3.8) is 0 Å². The van der Waals surface area contributed by atoms with Gasteiger partial charge in [0.05, 0.1) is 15.6 Å². The highest BCUT2D eigenvalue weighted by Crippen LogP contribution is 2.33. The minimum absolute atomic E-state index is 0.0885. The summed E-state index contributed by atoms with van der Waals surface area (Å²) in [6.45, 7) is 4.50. The number of sulfonamides is 1. The lowest BCUT2D eigenvalue weighted by molar-refractivity contribution is 0.264. The van der Waals surface area contributed by atoms with Gasteiger partial charge in [0.2, 0.25) is 10.0 Å². The molecule has 21 heavy (non-hydrogen) atoms. The van der Waals surface area contributed by atoms with Crippen molar-refractivity contribution in [3.8, 4) is 0 Å². The van der Waals surface area contributed by atoms with Crippen LogP contribution < -0.4 is 10.5 Å². The van der Waals surface area contributed by atoms with E-state index in [-0.39, 0.29) is 4.90 Å². The first-order valence-electron chi connectivity index (χ1n) is 7.36. The number of primary sulfonamides is 1. The van der Waals surface area contributed by atoms with Crippen molar-refractivity contribution in [1.29, 1.82) is 0 Å². The van der Waals surface area contributed by atoms with Crippen LogP contribution in [0.3, 0.4) is 0 Å². The lowest BCUT2D eigenvalue weighted by atomic mass is 9.79. The van der Waals surface area contributed by atoms with Crippen molar-refractivity contribution in [1.82, 2.24) is 0 Å². The Morgan fingerprint density at radius 1 is 1.33 bits per heavy atom. The molecule has 4 nitrogen and oxygen atoms in total. The molecule has 0 heterocycles. The summed E-state index contributed by atoms with van der Waals surface area (Å²) in [6, 6.07) is 4.86. The van der Waals surface area contributed by atoms with Crippen molar-refractivity contribution in [2.45, 2.75) is 50.5 Å². The van der Waals surface area contributed by atoms with Gasteiger partial charge in [-0.2, -0.15) is 0 Å². The minimum Gasteiger partial charge on any atom is -0.381 e. The lowest BCUT2D eigenvalue weighted by Crippen LogP contribution is -2.29. The Labute approximate surface area is 132 Å². The predicted molar refractivity (Wildman–Crippen MR) is 87.0 cm³/mol. The molecule has 1 aromatic rings. The zero-order valence-electron chi connectivity index (χ0n) is 12.5. The van der Waals surface area contributed by atoms with E-state index in [9.17, 15) is 8.42 Å². The van der Waals surface area contributed by atoms with E-state index in [1.165, 1.54) is 25.0 Å². The van der Waals surface area contributed by atoms with Crippen molar-refractivity contribution in [2.24, 2.45) is 17.0 Å². The van der Waals surface area contributed by atoms with Crippen LogP contribution in [-0.4, -0.2) is 14.5 Å². The van der Waals surface area contributed by atoms with E-state index in [1.54, 1.807) is 6.07 Å². The highest BCUT2D eigenvalue weighted by molar-refractivity contribution is 7.89. The molecule has 0 bridgehead atoms. The smallest absolute Gasteiger partial charge is 0.238 e. The molecule has 3 N–H and O–H groups in total. The summed E-state index contributed by atoms with van der Waals surface area (Å²) in [5, 5.41) is 9.09. The summed E-state index contributed by atoms with van der Waals surface area (Å²) >= 11 is 6.17. The molecule has 0 aliphatic heterocycles. The molecule has 1 fully saturated rings. The summed E-state index contributed by atoms with van der Waals surface area (Å²) in [5.74, 6) is 1.37. The predicted octanol–water partition coefficient (Wildman–Crippen LogP) is 3.61. The summed E-state index contributed by atoms with van der Waals surface area (Å²) in [6.07, 6.45) is 4.63. The van der Waals surface area contributed by atoms with Gasteiger partial charge in [0, 0.05) is 6.04 Å². The number of benzene rings is 1. The summed E-state index contributed by atoms with van der Waals surface area (Å²) in [4.78, 5) is 0.0885. The van der Waals surface area contributed by atoms with E-state index in [2.05, 4.69) is 19.2 Å². The average Bonchev–Trinajstić information content (AvgIpc) is 2.40. The van der Waals surface area contributed by atoms with E-state index in [0.717, 1.165) is 12.8 Å². The van der Waals surface area contributed by atoms with Crippen LogP contribution in [0.25, 0.3) is 0 Å². The molecule has 0 spiro atoms. The second-order valence-corrected chi connectivity index (χ2v) is 8.17. The normalized spacial score (nSPS) is 23.3. The van der Waals surface area contributed by atoms with Gasteiger partial charge in [-0.3, -0.25) is 0 Å². The van der Waals surface area contributed by atoms with Crippen LogP contribution >= 0.6 is 11.6 Å². The largest absolute Gasteiger partial charge is 0.381 e. The Morgan fingerprint density at radius 3 is 2.67 bits per heavy atom. The third-order valence-electron chi connectivity index (χ3n) is 4.28. The molecule has 0 saturated heterocycles. The van der Waals surface area contributed by atoms with Crippen LogP contribution in [0.4, 0.5) is 5.69 Å². The molecule has 1 aromatic carbocycles. The van der Waals surface area contributed by atoms with Crippen molar-refractivity contribution in [3.05, 3.63) is 23.2 Å². The second-order valence-electron chi connectivity index (χ2n) is 6.20. The molecule has 118 valence electrons. The Hall–Kier alpha value is -0.780. The van der Waals surface area contributed by atoms with Gasteiger partial charge >= 0.3 is 0 Å². The van der Waals surface area contributed by atoms with Crippen LogP contribution in [-0.2, 0) is 10.0 Å². The van der Waals surface area contributed by atoms with Gasteiger partial charge in [-0.05, 0) is 42.9 Å². The quantitative estimate of drug-likeness (QED) is 0.885. The van der Waals surface area contributed by atoms with E-state index in [1.807, 2.05) is 0 Å². The van der Waals surface area contributed by atoms with Gasteiger partial charge in [-0.25, -0.2) is 13.6 Å². The monoisotopic (exact) mass is 330 g/mol. The number of nitrogens with two attached hydrogens (primary N) is 1. The number of anilines is 1. The van der Waals surface area contributed by atoms with Gasteiger partial charge in [-0.15, -0.1) is 0 Å².